The Morgan fingerprint density at radius 2 is 2.10 bits per heavy atom. The summed E-state index contributed by atoms with van der Waals surface area (Å²) in [6.45, 7) is 2.31. The van der Waals surface area contributed by atoms with Gasteiger partial charge in [-0.2, -0.15) is 8.78 Å². The molecule has 0 aliphatic carbocycles. The molecule has 1 aromatic carbocycles. The molecule has 0 saturated carbocycles. The van der Waals surface area contributed by atoms with Crippen LogP contribution in [0, 0.1) is 0 Å². The molecule has 0 atom stereocenters. The number of alkyl halides is 2. The minimum Gasteiger partial charge on any atom is -0.348 e. The van der Waals surface area contributed by atoms with E-state index < -0.39 is 5.76 Å². The largest absolute Gasteiger partial charge is 0.348 e. The van der Waals surface area contributed by atoms with Crippen LogP contribution in [0.15, 0.2) is 40.8 Å². The molecular weight excluding hydrogens is 282 g/mol. The van der Waals surface area contributed by atoms with E-state index >= 15 is 0 Å². The summed E-state index contributed by atoms with van der Waals surface area (Å²) in [7, 11) is 0. The van der Waals surface area contributed by atoms with Gasteiger partial charge in [-0.3, -0.25) is 4.79 Å². The molecule has 1 amide bonds. The van der Waals surface area contributed by atoms with Crippen molar-refractivity contribution in [3.8, 4) is 0 Å². The summed E-state index contributed by atoms with van der Waals surface area (Å²) in [5, 5.41) is 6.04. The Labute approximate surface area is 120 Å². The molecule has 3 nitrogen and oxygen atoms in total. The van der Waals surface area contributed by atoms with Gasteiger partial charge in [0.05, 0.1) is 0 Å². The van der Waals surface area contributed by atoms with E-state index in [9.17, 15) is 13.6 Å². The maximum atomic E-state index is 12.2. The van der Waals surface area contributed by atoms with Gasteiger partial charge in [0.25, 0.3) is 11.7 Å². The first-order valence-corrected chi connectivity index (χ1v) is 7.25. The molecule has 0 radical (unpaired) electrons. The van der Waals surface area contributed by atoms with Crippen LogP contribution in [0.1, 0.15) is 16.8 Å². The van der Waals surface area contributed by atoms with E-state index in [1.54, 1.807) is 12.1 Å². The normalized spacial score (nSPS) is 15.1. The molecule has 6 heteroatoms. The first-order valence-electron chi connectivity index (χ1n) is 6.37. The first-order chi connectivity index (χ1) is 9.65. The van der Waals surface area contributed by atoms with Crippen molar-refractivity contribution in [3.05, 3.63) is 41.5 Å². The third kappa shape index (κ3) is 4.61. The topological polar surface area (TPSA) is 41.1 Å². The monoisotopic (exact) mass is 298 g/mol. The number of carbonyl (C=O) groups excluding carboxylic acids is 1. The molecule has 1 aromatic rings. The third-order valence-electron chi connectivity index (χ3n) is 2.98. The molecular formula is C14H16F2N2OS. The minimum absolute atomic E-state index is 0.182. The molecule has 2 N–H and O–H groups in total. The van der Waals surface area contributed by atoms with Crippen LogP contribution in [0.3, 0.4) is 0 Å². The zero-order valence-corrected chi connectivity index (χ0v) is 11.7. The Balaban J connectivity index is 1.87. The Kier molecular flexibility index (Phi) is 5.55. The van der Waals surface area contributed by atoms with Crippen LogP contribution < -0.4 is 10.6 Å². The van der Waals surface area contributed by atoms with E-state index in [0.29, 0.717) is 28.8 Å². The highest BCUT2D eigenvalue weighted by molar-refractivity contribution is 7.99. The third-order valence-corrected chi connectivity index (χ3v) is 3.70. The molecule has 1 aliphatic heterocycles. The van der Waals surface area contributed by atoms with Gasteiger partial charge in [-0.05, 0) is 37.2 Å². The minimum atomic E-state index is -2.44. The lowest BCUT2D eigenvalue weighted by Crippen LogP contribution is -2.29. The van der Waals surface area contributed by atoms with Crippen LogP contribution in [0.2, 0.25) is 0 Å². The van der Waals surface area contributed by atoms with Crippen LogP contribution in [0.4, 0.5) is 8.78 Å². The number of thioether (sulfide) groups is 1. The van der Waals surface area contributed by atoms with E-state index in [1.807, 2.05) is 0 Å². The van der Waals surface area contributed by atoms with E-state index in [4.69, 9.17) is 0 Å². The maximum absolute atomic E-state index is 12.2. The lowest BCUT2D eigenvalue weighted by molar-refractivity contribution is 0.0956. The van der Waals surface area contributed by atoms with Crippen LogP contribution >= 0.6 is 11.8 Å². The van der Waals surface area contributed by atoms with Crippen molar-refractivity contribution in [3.63, 3.8) is 0 Å². The molecule has 0 unspecified atom stereocenters. The zero-order valence-electron chi connectivity index (χ0n) is 10.9. The number of nitrogens with one attached hydrogen (secondary N) is 2. The number of carbonyl (C=O) groups is 1. The zero-order chi connectivity index (χ0) is 14.4. The standard InChI is InChI=1S/C14H16F2N2OS/c15-14(16)20-12-3-1-11(2-4-12)13(19)18-9-10-5-7-17-8-6-10/h1-5,14,17H,6-9H2,(H,18,19). The summed E-state index contributed by atoms with van der Waals surface area (Å²) in [5.41, 5.74) is 1.69. The Morgan fingerprint density at radius 1 is 1.35 bits per heavy atom. The number of hydrogen-bond acceptors (Lipinski definition) is 3. The molecule has 108 valence electrons. The fourth-order valence-electron chi connectivity index (χ4n) is 1.91. The lowest BCUT2D eigenvalue weighted by atomic mass is 10.1. The van der Waals surface area contributed by atoms with Gasteiger partial charge in [-0.1, -0.05) is 23.4 Å². The second kappa shape index (κ2) is 7.40. The molecule has 0 bridgehead atoms. The lowest BCUT2D eigenvalue weighted by Gasteiger charge is -2.14. The summed E-state index contributed by atoms with van der Waals surface area (Å²) >= 11 is 0.474. The number of amides is 1. The van der Waals surface area contributed by atoms with Crippen molar-refractivity contribution in [1.29, 1.82) is 0 Å². The summed E-state index contributed by atoms with van der Waals surface area (Å²) in [6, 6.07) is 6.21. The van der Waals surface area contributed by atoms with Gasteiger partial charge in [-0.25, -0.2) is 0 Å². The molecule has 0 spiro atoms. The first kappa shape index (κ1) is 15.0. The smallest absolute Gasteiger partial charge is 0.288 e. The summed E-state index contributed by atoms with van der Waals surface area (Å²) in [6.07, 6.45) is 3.01. The van der Waals surface area contributed by atoms with Crippen molar-refractivity contribution in [2.45, 2.75) is 17.1 Å². The second-order valence-electron chi connectivity index (χ2n) is 4.40. The summed E-state index contributed by atoms with van der Waals surface area (Å²) < 4.78 is 24.4. The fraction of sp³-hybridized carbons (Fsp3) is 0.357. The maximum Gasteiger partial charge on any atom is 0.288 e. The number of hydrogen-bond donors (Lipinski definition) is 2. The molecule has 20 heavy (non-hydrogen) atoms. The van der Waals surface area contributed by atoms with Crippen molar-refractivity contribution in [2.24, 2.45) is 0 Å². The van der Waals surface area contributed by atoms with Crippen LogP contribution in [0.25, 0.3) is 0 Å². The van der Waals surface area contributed by atoms with Crippen LogP contribution in [-0.2, 0) is 0 Å². The summed E-state index contributed by atoms with van der Waals surface area (Å²) in [5.74, 6) is -2.63. The molecule has 0 fully saturated rings. The van der Waals surface area contributed by atoms with Crippen LogP contribution in [-0.4, -0.2) is 31.3 Å². The quantitative estimate of drug-likeness (QED) is 0.648. The predicted octanol–water partition coefficient (Wildman–Crippen LogP) is 2.65. The Hall–Kier alpha value is -1.40. The van der Waals surface area contributed by atoms with Gasteiger partial charge in [0, 0.05) is 23.5 Å². The fourth-order valence-corrected chi connectivity index (χ4v) is 2.41. The van der Waals surface area contributed by atoms with Crippen molar-refractivity contribution < 1.29 is 13.6 Å². The number of benzene rings is 1. The average Bonchev–Trinajstić information content (AvgIpc) is 2.46. The van der Waals surface area contributed by atoms with E-state index in [1.165, 1.54) is 17.7 Å². The van der Waals surface area contributed by atoms with Gasteiger partial charge >= 0.3 is 0 Å². The number of halogens is 2. The summed E-state index contributed by atoms with van der Waals surface area (Å²) in [4.78, 5) is 12.4. The van der Waals surface area contributed by atoms with Gasteiger partial charge in [-0.15, -0.1) is 0 Å². The van der Waals surface area contributed by atoms with Gasteiger partial charge in [0.15, 0.2) is 0 Å². The van der Waals surface area contributed by atoms with Gasteiger partial charge in [0.1, 0.15) is 0 Å². The van der Waals surface area contributed by atoms with Gasteiger partial charge < -0.3 is 10.6 Å². The molecule has 0 saturated heterocycles. The molecule has 2 rings (SSSR count). The molecule has 0 aromatic heterocycles. The van der Waals surface area contributed by atoms with Crippen LogP contribution in [0.5, 0.6) is 0 Å². The molecule has 1 heterocycles. The highest BCUT2D eigenvalue weighted by Gasteiger charge is 2.09. The highest BCUT2D eigenvalue weighted by Crippen LogP contribution is 2.25. The number of rotatable bonds is 5. The highest BCUT2D eigenvalue weighted by atomic mass is 32.2. The average molecular weight is 298 g/mol. The van der Waals surface area contributed by atoms with Crippen molar-refractivity contribution in [1.82, 2.24) is 10.6 Å². The van der Waals surface area contributed by atoms with E-state index in [0.717, 1.165) is 19.5 Å². The van der Waals surface area contributed by atoms with E-state index in [-0.39, 0.29) is 5.91 Å². The molecule has 1 aliphatic rings. The Morgan fingerprint density at radius 3 is 2.70 bits per heavy atom. The predicted molar refractivity (Wildman–Crippen MR) is 76.2 cm³/mol. The Bertz CT molecular complexity index is 488. The van der Waals surface area contributed by atoms with Crippen molar-refractivity contribution >= 4 is 17.7 Å². The second-order valence-corrected chi connectivity index (χ2v) is 5.47. The van der Waals surface area contributed by atoms with E-state index in [2.05, 4.69) is 16.7 Å². The van der Waals surface area contributed by atoms with Gasteiger partial charge in [0.2, 0.25) is 0 Å². The van der Waals surface area contributed by atoms with Crippen molar-refractivity contribution in [2.75, 3.05) is 19.6 Å². The SMILES string of the molecule is O=C(NCC1=CCNCC1)c1ccc(SC(F)F)cc1.